The first-order chi connectivity index (χ1) is 18.3. The van der Waals surface area contributed by atoms with Crippen molar-refractivity contribution in [3.05, 3.63) is 80.9 Å². The van der Waals surface area contributed by atoms with Gasteiger partial charge in [-0.25, -0.2) is 4.98 Å². The number of fused-ring (bicyclic) bond motifs is 1. The molecule has 194 valence electrons. The summed E-state index contributed by atoms with van der Waals surface area (Å²) < 4.78 is 5.91. The van der Waals surface area contributed by atoms with Gasteiger partial charge in [0.2, 0.25) is 5.89 Å². The molecule has 1 aliphatic heterocycles. The first-order valence-electron chi connectivity index (χ1n) is 12.2. The zero-order valence-electron chi connectivity index (χ0n) is 20.5. The number of carbonyl (C=O) groups excluding carboxylic acids is 1. The minimum atomic E-state index is -0.573. The molecule has 0 unspecified atom stereocenters. The van der Waals surface area contributed by atoms with Crippen LogP contribution in [0.5, 0.6) is 0 Å². The highest BCUT2D eigenvalue weighted by molar-refractivity contribution is 7.80. The van der Waals surface area contributed by atoms with E-state index in [9.17, 15) is 14.9 Å². The van der Waals surface area contributed by atoms with Gasteiger partial charge in [0.25, 0.3) is 11.6 Å². The number of rotatable bonds is 6. The van der Waals surface area contributed by atoms with Crippen LogP contribution < -0.4 is 15.5 Å². The highest BCUT2D eigenvalue weighted by atomic mass is 35.5. The molecule has 0 saturated carbocycles. The quantitative estimate of drug-likeness (QED) is 0.162. The van der Waals surface area contributed by atoms with E-state index < -0.39 is 10.8 Å². The van der Waals surface area contributed by atoms with Crippen LogP contribution >= 0.6 is 23.8 Å². The van der Waals surface area contributed by atoms with Gasteiger partial charge in [0.15, 0.2) is 10.7 Å². The lowest BCUT2D eigenvalue weighted by Crippen LogP contribution is -2.34. The fraction of sp³-hybridized carbons (Fsp3) is 0.222. The Morgan fingerprint density at radius 3 is 2.68 bits per heavy atom. The number of hydrogen-bond acceptors (Lipinski definition) is 7. The third kappa shape index (κ3) is 5.32. The van der Waals surface area contributed by atoms with E-state index >= 15 is 0 Å². The molecule has 0 spiro atoms. The molecule has 2 N–H and O–H groups in total. The molecule has 0 atom stereocenters. The molecule has 1 aliphatic rings. The molecule has 9 nitrogen and oxygen atoms in total. The van der Waals surface area contributed by atoms with E-state index in [0.29, 0.717) is 33.4 Å². The average molecular weight is 550 g/mol. The van der Waals surface area contributed by atoms with Crippen molar-refractivity contribution in [3.8, 4) is 11.5 Å². The van der Waals surface area contributed by atoms with Gasteiger partial charge in [-0.15, -0.1) is 0 Å². The van der Waals surface area contributed by atoms with Gasteiger partial charge in [-0.3, -0.25) is 20.2 Å². The van der Waals surface area contributed by atoms with Crippen LogP contribution in [0, 0.1) is 10.1 Å². The summed E-state index contributed by atoms with van der Waals surface area (Å²) in [7, 11) is 0. The number of aromatic nitrogens is 1. The number of aryl methyl sites for hydroxylation is 1. The number of amides is 1. The van der Waals surface area contributed by atoms with Crippen LogP contribution in [0.25, 0.3) is 22.6 Å². The zero-order valence-corrected chi connectivity index (χ0v) is 22.1. The van der Waals surface area contributed by atoms with Gasteiger partial charge in [-0.1, -0.05) is 24.6 Å². The maximum Gasteiger partial charge on any atom is 0.293 e. The average Bonchev–Trinajstić information content (AvgIpc) is 3.59. The van der Waals surface area contributed by atoms with Crippen molar-refractivity contribution in [3.63, 3.8) is 0 Å². The Labute approximate surface area is 228 Å². The van der Waals surface area contributed by atoms with E-state index in [-0.39, 0.29) is 16.4 Å². The molecule has 5 rings (SSSR count). The van der Waals surface area contributed by atoms with E-state index in [1.54, 1.807) is 30.3 Å². The normalized spacial score (nSPS) is 13.1. The number of nitro groups is 1. The smallest absolute Gasteiger partial charge is 0.293 e. The van der Waals surface area contributed by atoms with Crippen LogP contribution in [0.15, 0.2) is 59.0 Å². The number of nitrogens with one attached hydrogen (secondary N) is 2. The Balaban J connectivity index is 1.32. The fourth-order valence-electron chi connectivity index (χ4n) is 4.44. The summed E-state index contributed by atoms with van der Waals surface area (Å²) in [6, 6.07) is 15.5. The molecule has 0 aliphatic carbocycles. The number of nitro benzene ring substituents is 1. The van der Waals surface area contributed by atoms with E-state index in [1.165, 1.54) is 6.07 Å². The summed E-state index contributed by atoms with van der Waals surface area (Å²) in [5.41, 5.74) is 4.24. The Morgan fingerprint density at radius 1 is 1.16 bits per heavy atom. The van der Waals surface area contributed by atoms with Gasteiger partial charge in [-0.05, 0) is 79.5 Å². The lowest BCUT2D eigenvalue weighted by molar-refractivity contribution is -0.384. The molecule has 38 heavy (non-hydrogen) atoms. The fourth-order valence-corrected chi connectivity index (χ4v) is 4.80. The van der Waals surface area contributed by atoms with Gasteiger partial charge in [-0.2, -0.15) is 0 Å². The van der Waals surface area contributed by atoms with Crippen molar-refractivity contribution in [2.75, 3.05) is 23.3 Å². The SMILES string of the molecule is CCc1ccc2oc(-c3ccc(Cl)c(NC(=S)NC(=O)c4ccc(N5CCCC5)c([N+](=O)[O-])c4)c3)nc2c1. The molecule has 0 bridgehead atoms. The van der Waals surface area contributed by atoms with Crippen LogP contribution in [0.3, 0.4) is 0 Å². The van der Waals surface area contributed by atoms with Crippen molar-refractivity contribution in [2.24, 2.45) is 0 Å². The number of carbonyl (C=O) groups is 1. The second-order valence-corrected chi connectivity index (χ2v) is 9.75. The van der Waals surface area contributed by atoms with Crippen LogP contribution in [-0.2, 0) is 6.42 Å². The first kappa shape index (κ1) is 25.6. The summed E-state index contributed by atoms with van der Waals surface area (Å²) >= 11 is 11.7. The maximum atomic E-state index is 12.8. The highest BCUT2D eigenvalue weighted by Crippen LogP contribution is 2.33. The second-order valence-electron chi connectivity index (χ2n) is 8.93. The summed E-state index contributed by atoms with van der Waals surface area (Å²) in [4.78, 5) is 30.6. The maximum absolute atomic E-state index is 12.8. The molecule has 11 heteroatoms. The topological polar surface area (TPSA) is 114 Å². The Hall–Kier alpha value is -4.02. The molecular formula is C27H24ClN5O4S. The Kier molecular flexibility index (Phi) is 7.26. The number of nitrogens with zero attached hydrogens (tertiary/aromatic N) is 3. The standard InChI is InChI=1S/C27H24ClN5O4S/c1-2-16-5-10-24-21(13-16)29-26(37-24)18-6-8-19(28)20(14-18)30-27(38)31-25(34)17-7-9-22(23(15-17)33(35)36)32-11-3-4-12-32/h5-10,13-15H,2-4,11-12H2,1H3,(H2,30,31,34,38). The monoisotopic (exact) mass is 549 g/mol. The van der Waals surface area contributed by atoms with Crippen molar-refractivity contribution >= 4 is 63.0 Å². The molecule has 1 fully saturated rings. The summed E-state index contributed by atoms with van der Waals surface area (Å²) in [6.07, 6.45) is 2.86. The van der Waals surface area contributed by atoms with Gasteiger partial charge < -0.3 is 14.6 Å². The predicted octanol–water partition coefficient (Wildman–Crippen LogP) is 6.35. The third-order valence-corrected chi connectivity index (χ3v) is 6.96. The second kappa shape index (κ2) is 10.8. The molecule has 1 saturated heterocycles. The van der Waals surface area contributed by atoms with E-state index in [2.05, 4.69) is 22.5 Å². The van der Waals surface area contributed by atoms with Gasteiger partial charge in [0, 0.05) is 30.3 Å². The molecule has 3 aromatic carbocycles. The predicted molar refractivity (Wildman–Crippen MR) is 152 cm³/mol. The van der Waals surface area contributed by atoms with E-state index in [1.807, 2.05) is 23.1 Å². The van der Waals surface area contributed by atoms with Crippen LogP contribution in [0.4, 0.5) is 17.1 Å². The minimum Gasteiger partial charge on any atom is -0.436 e. The molecule has 2 heterocycles. The molecule has 0 radical (unpaired) electrons. The number of benzene rings is 3. The van der Waals surface area contributed by atoms with Gasteiger partial charge in [0.1, 0.15) is 11.2 Å². The molecular weight excluding hydrogens is 526 g/mol. The van der Waals surface area contributed by atoms with Crippen molar-refractivity contribution in [1.29, 1.82) is 0 Å². The number of anilines is 2. The van der Waals surface area contributed by atoms with Crippen LogP contribution in [0.1, 0.15) is 35.7 Å². The number of thiocarbonyl (C=S) groups is 1. The number of halogens is 1. The van der Waals surface area contributed by atoms with E-state index in [0.717, 1.165) is 43.4 Å². The van der Waals surface area contributed by atoms with E-state index in [4.69, 9.17) is 28.2 Å². The molecule has 4 aromatic rings. The van der Waals surface area contributed by atoms with Crippen LogP contribution in [0.2, 0.25) is 5.02 Å². The summed E-state index contributed by atoms with van der Waals surface area (Å²) in [5, 5.41) is 17.5. The van der Waals surface area contributed by atoms with Crippen molar-refractivity contribution < 1.29 is 14.1 Å². The Bertz CT molecular complexity index is 1560. The van der Waals surface area contributed by atoms with Gasteiger partial charge in [0.05, 0.1) is 15.6 Å². The lowest BCUT2D eigenvalue weighted by Gasteiger charge is -2.18. The van der Waals surface area contributed by atoms with Crippen molar-refractivity contribution in [2.45, 2.75) is 26.2 Å². The summed E-state index contributed by atoms with van der Waals surface area (Å²) in [5.74, 6) is -0.148. The zero-order chi connectivity index (χ0) is 26.8. The van der Waals surface area contributed by atoms with Crippen molar-refractivity contribution in [1.82, 2.24) is 10.3 Å². The first-order valence-corrected chi connectivity index (χ1v) is 13.0. The molecule has 1 aromatic heterocycles. The van der Waals surface area contributed by atoms with Crippen LogP contribution in [-0.4, -0.2) is 34.0 Å². The Morgan fingerprint density at radius 2 is 1.95 bits per heavy atom. The third-order valence-electron chi connectivity index (χ3n) is 6.43. The number of hydrogen-bond donors (Lipinski definition) is 2. The minimum absolute atomic E-state index is 0.00882. The lowest BCUT2D eigenvalue weighted by atomic mass is 10.1. The van der Waals surface area contributed by atoms with Gasteiger partial charge >= 0.3 is 0 Å². The largest absolute Gasteiger partial charge is 0.436 e. The highest BCUT2D eigenvalue weighted by Gasteiger charge is 2.24. The number of oxazole rings is 1. The molecule has 1 amide bonds. The summed E-state index contributed by atoms with van der Waals surface area (Å²) in [6.45, 7) is 3.58.